The van der Waals surface area contributed by atoms with E-state index >= 15 is 0 Å². The van der Waals surface area contributed by atoms with E-state index < -0.39 is 0 Å². The Morgan fingerprint density at radius 2 is 1.89 bits per heavy atom. The summed E-state index contributed by atoms with van der Waals surface area (Å²) in [7, 11) is 1.91. The fourth-order valence-electron chi connectivity index (χ4n) is 2.12. The summed E-state index contributed by atoms with van der Waals surface area (Å²) < 4.78 is 5.54. The third-order valence-electron chi connectivity index (χ3n) is 3.35. The highest BCUT2D eigenvalue weighted by molar-refractivity contribution is 5.26. The minimum Gasteiger partial charge on any atom is -0.432 e. The second-order valence-electron chi connectivity index (χ2n) is 4.61. The Morgan fingerprint density at radius 1 is 1.16 bits per heavy atom. The van der Waals surface area contributed by atoms with Gasteiger partial charge in [-0.25, -0.2) is 0 Å². The van der Waals surface area contributed by atoms with Gasteiger partial charge in [-0.3, -0.25) is 0 Å². The molecule has 0 amide bonds. The van der Waals surface area contributed by atoms with E-state index in [4.69, 9.17) is 4.42 Å². The summed E-state index contributed by atoms with van der Waals surface area (Å²) in [6.45, 7) is 12.6. The summed E-state index contributed by atoms with van der Waals surface area (Å²) in [6.07, 6.45) is 2.87. The highest BCUT2D eigenvalue weighted by atomic mass is 16.4. The van der Waals surface area contributed by atoms with Crippen LogP contribution >= 0.6 is 0 Å². The second kappa shape index (κ2) is 8.93. The molecule has 0 aliphatic rings. The Labute approximate surface area is 117 Å². The first-order chi connectivity index (χ1) is 9.24. The van der Waals surface area contributed by atoms with Gasteiger partial charge >= 0.3 is 0 Å². The second-order valence-corrected chi connectivity index (χ2v) is 4.61. The van der Waals surface area contributed by atoms with E-state index in [0.29, 0.717) is 0 Å². The van der Waals surface area contributed by atoms with Crippen LogP contribution in [0.3, 0.4) is 0 Å². The van der Waals surface area contributed by atoms with Crippen LogP contribution in [0.25, 0.3) is 0 Å². The van der Waals surface area contributed by atoms with Gasteiger partial charge in [-0.05, 0) is 40.0 Å². The Hall–Kier alpha value is -1.07. The Morgan fingerprint density at radius 3 is 2.47 bits per heavy atom. The molecule has 0 spiro atoms. The summed E-state index contributed by atoms with van der Waals surface area (Å²) in [6, 6.07) is 0.743. The van der Waals surface area contributed by atoms with Crippen LogP contribution < -0.4 is 10.2 Å². The molecule has 19 heavy (non-hydrogen) atoms. The third-order valence-corrected chi connectivity index (χ3v) is 3.35. The fourth-order valence-corrected chi connectivity index (χ4v) is 2.12. The monoisotopic (exact) mass is 268 g/mol. The quantitative estimate of drug-likeness (QED) is 0.702. The van der Waals surface area contributed by atoms with E-state index in [9.17, 15) is 0 Å². The van der Waals surface area contributed by atoms with Crippen LogP contribution in [0.4, 0.5) is 6.01 Å². The molecule has 0 aliphatic carbocycles. The van der Waals surface area contributed by atoms with Crippen molar-refractivity contribution in [1.82, 2.24) is 15.2 Å². The molecule has 1 aromatic heterocycles. The standard InChI is InChI=1S/C14H28N4O/c1-5-17(6-2)9-8-10-18(7-3)14-16-13(11-15-4)12-19-14/h12,15H,5-11H2,1-4H3. The molecule has 1 N–H and O–H groups in total. The molecule has 5 nitrogen and oxygen atoms in total. The highest BCUT2D eigenvalue weighted by Crippen LogP contribution is 2.13. The maximum atomic E-state index is 5.54. The normalized spacial score (nSPS) is 11.2. The average molecular weight is 268 g/mol. The van der Waals surface area contributed by atoms with Gasteiger partial charge in [0.1, 0.15) is 6.26 Å². The number of nitrogens with one attached hydrogen (secondary N) is 1. The van der Waals surface area contributed by atoms with E-state index in [1.54, 1.807) is 6.26 Å². The van der Waals surface area contributed by atoms with Gasteiger partial charge in [0.2, 0.25) is 0 Å². The number of rotatable bonds is 10. The van der Waals surface area contributed by atoms with Crippen molar-refractivity contribution in [1.29, 1.82) is 0 Å². The lowest BCUT2D eigenvalue weighted by atomic mass is 10.3. The summed E-state index contributed by atoms with van der Waals surface area (Å²) >= 11 is 0. The van der Waals surface area contributed by atoms with E-state index in [1.165, 1.54) is 0 Å². The number of hydrogen-bond donors (Lipinski definition) is 1. The van der Waals surface area contributed by atoms with Crippen LogP contribution in [0.15, 0.2) is 10.7 Å². The molecular weight excluding hydrogens is 240 g/mol. The van der Waals surface area contributed by atoms with Gasteiger partial charge in [-0.1, -0.05) is 13.8 Å². The Balaban J connectivity index is 2.43. The Kier molecular flexibility index (Phi) is 7.52. The van der Waals surface area contributed by atoms with Crippen LogP contribution in [-0.4, -0.2) is 49.7 Å². The first-order valence-corrected chi connectivity index (χ1v) is 7.31. The lowest BCUT2D eigenvalue weighted by Crippen LogP contribution is -2.30. The average Bonchev–Trinajstić information content (AvgIpc) is 2.88. The van der Waals surface area contributed by atoms with Gasteiger partial charge in [0, 0.05) is 19.6 Å². The molecule has 1 heterocycles. The van der Waals surface area contributed by atoms with Crippen molar-refractivity contribution in [2.24, 2.45) is 0 Å². The lowest BCUT2D eigenvalue weighted by Gasteiger charge is -2.22. The molecule has 5 heteroatoms. The summed E-state index contributed by atoms with van der Waals surface area (Å²) in [5.41, 5.74) is 0.958. The predicted octanol–water partition coefficient (Wildman–Crippen LogP) is 1.95. The van der Waals surface area contributed by atoms with E-state index in [2.05, 4.69) is 40.9 Å². The zero-order valence-electron chi connectivity index (χ0n) is 12.8. The van der Waals surface area contributed by atoms with E-state index in [0.717, 1.165) is 57.4 Å². The zero-order valence-corrected chi connectivity index (χ0v) is 12.8. The van der Waals surface area contributed by atoms with Crippen LogP contribution in [0.2, 0.25) is 0 Å². The molecule has 1 aromatic rings. The van der Waals surface area contributed by atoms with Crippen LogP contribution in [0, 0.1) is 0 Å². The molecular formula is C14H28N4O. The zero-order chi connectivity index (χ0) is 14.1. The Bertz CT molecular complexity index is 336. The molecule has 0 radical (unpaired) electrons. The van der Waals surface area contributed by atoms with Gasteiger partial charge < -0.3 is 19.5 Å². The number of nitrogens with zero attached hydrogens (tertiary/aromatic N) is 3. The van der Waals surface area contributed by atoms with Crippen molar-refractivity contribution >= 4 is 6.01 Å². The summed E-state index contributed by atoms with van der Waals surface area (Å²) in [5, 5.41) is 3.08. The van der Waals surface area contributed by atoms with Crippen LogP contribution in [-0.2, 0) is 6.54 Å². The van der Waals surface area contributed by atoms with Gasteiger partial charge in [0.25, 0.3) is 6.01 Å². The molecule has 0 atom stereocenters. The van der Waals surface area contributed by atoms with Crippen molar-refractivity contribution in [3.05, 3.63) is 12.0 Å². The fraction of sp³-hybridized carbons (Fsp3) is 0.786. The topological polar surface area (TPSA) is 44.5 Å². The van der Waals surface area contributed by atoms with Crippen molar-refractivity contribution in [2.45, 2.75) is 33.7 Å². The molecule has 1 rings (SSSR count). The van der Waals surface area contributed by atoms with Crippen molar-refractivity contribution in [2.75, 3.05) is 44.7 Å². The smallest absolute Gasteiger partial charge is 0.297 e. The summed E-state index contributed by atoms with van der Waals surface area (Å²) in [5.74, 6) is 0. The van der Waals surface area contributed by atoms with Gasteiger partial charge in [0.15, 0.2) is 0 Å². The SMILES string of the molecule is CCN(CC)CCCN(CC)c1nc(CNC)co1. The molecule has 0 unspecified atom stereocenters. The van der Waals surface area contributed by atoms with Gasteiger partial charge in [0.05, 0.1) is 5.69 Å². The maximum Gasteiger partial charge on any atom is 0.297 e. The van der Waals surface area contributed by atoms with Crippen molar-refractivity contribution < 1.29 is 4.42 Å². The first kappa shape index (κ1) is 16.0. The molecule has 0 saturated carbocycles. The van der Waals surface area contributed by atoms with E-state index in [-0.39, 0.29) is 0 Å². The summed E-state index contributed by atoms with van der Waals surface area (Å²) in [4.78, 5) is 9.13. The molecule has 0 aromatic carbocycles. The van der Waals surface area contributed by atoms with E-state index in [1.807, 2.05) is 7.05 Å². The molecule has 0 fully saturated rings. The van der Waals surface area contributed by atoms with Gasteiger partial charge in [-0.15, -0.1) is 0 Å². The highest BCUT2D eigenvalue weighted by Gasteiger charge is 2.11. The van der Waals surface area contributed by atoms with Gasteiger partial charge in [-0.2, -0.15) is 4.98 Å². The third kappa shape index (κ3) is 5.20. The molecule has 110 valence electrons. The number of aromatic nitrogens is 1. The lowest BCUT2D eigenvalue weighted by molar-refractivity contribution is 0.300. The van der Waals surface area contributed by atoms with Crippen molar-refractivity contribution in [3.8, 4) is 0 Å². The minimum atomic E-state index is 0.743. The van der Waals surface area contributed by atoms with Crippen LogP contribution in [0.1, 0.15) is 32.9 Å². The first-order valence-electron chi connectivity index (χ1n) is 7.31. The molecule has 0 aliphatic heterocycles. The molecule has 0 bridgehead atoms. The predicted molar refractivity (Wildman–Crippen MR) is 79.6 cm³/mol. The van der Waals surface area contributed by atoms with Crippen molar-refractivity contribution in [3.63, 3.8) is 0 Å². The number of oxazole rings is 1. The maximum absolute atomic E-state index is 5.54. The largest absolute Gasteiger partial charge is 0.432 e. The van der Waals surface area contributed by atoms with Crippen LogP contribution in [0.5, 0.6) is 0 Å². The minimum absolute atomic E-state index is 0.743. The number of hydrogen-bond acceptors (Lipinski definition) is 5. The number of anilines is 1. The molecule has 0 saturated heterocycles.